The number of nitrogens with zero attached hydrogens (tertiary/aromatic N) is 1. The highest BCUT2D eigenvalue weighted by Crippen LogP contribution is 2.16. The molecule has 0 aliphatic carbocycles. The Morgan fingerprint density at radius 3 is 2.44 bits per heavy atom. The number of nitrogens with one attached hydrogen (secondary N) is 1. The van der Waals surface area contributed by atoms with Crippen molar-refractivity contribution >= 4 is 27.8 Å². The number of benzene rings is 1. The molecule has 0 fully saturated rings. The fraction of sp³-hybridized carbons (Fsp3) is 0.308. The molecular formula is C13H17BrN2O2. The molecule has 1 aromatic carbocycles. The molecule has 0 radical (unpaired) electrons. The number of hydrogen-bond donors (Lipinski definition) is 1. The van der Waals surface area contributed by atoms with E-state index in [1.54, 1.807) is 20.4 Å². The van der Waals surface area contributed by atoms with Crippen molar-refractivity contribution < 1.29 is 9.47 Å². The van der Waals surface area contributed by atoms with Crippen LogP contribution >= 0.6 is 15.9 Å². The zero-order valence-electron chi connectivity index (χ0n) is 10.7. The van der Waals surface area contributed by atoms with Crippen molar-refractivity contribution in [2.45, 2.75) is 13.2 Å². The summed E-state index contributed by atoms with van der Waals surface area (Å²) in [6.45, 7) is 1.91. The summed E-state index contributed by atoms with van der Waals surface area (Å²) in [7, 11) is 3.19. The molecule has 1 rings (SSSR count). The van der Waals surface area contributed by atoms with Gasteiger partial charge in [0.15, 0.2) is 6.29 Å². The monoisotopic (exact) mass is 312 g/mol. The summed E-state index contributed by atoms with van der Waals surface area (Å²) >= 11 is 3.43. The minimum Gasteiger partial charge on any atom is -0.352 e. The van der Waals surface area contributed by atoms with Gasteiger partial charge < -0.3 is 9.47 Å². The molecule has 5 heteroatoms. The average Bonchev–Trinajstić information content (AvgIpc) is 2.41. The van der Waals surface area contributed by atoms with Crippen LogP contribution in [0, 0.1) is 0 Å². The van der Waals surface area contributed by atoms with E-state index in [0.29, 0.717) is 0 Å². The summed E-state index contributed by atoms with van der Waals surface area (Å²) in [6.07, 6.45) is 1.30. The summed E-state index contributed by atoms with van der Waals surface area (Å²) in [4.78, 5) is 0. The molecule has 0 bridgehead atoms. The molecule has 0 amide bonds. The highest BCUT2D eigenvalue weighted by Gasteiger charge is 2.10. The predicted molar refractivity (Wildman–Crippen MR) is 78.0 cm³/mol. The zero-order valence-corrected chi connectivity index (χ0v) is 12.3. The van der Waals surface area contributed by atoms with Crippen LogP contribution in [0.3, 0.4) is 0 Å². The van der Waals surface area contributed by atoms with E-state index in [-0.39, 0.29) is 6.29 Å². The van der Waals surface area contributed by atoms with Gasteiger partial charge in [-0.1, -0.05) is 18.2 Å². The third kappa shape index (κ3) is 4.60. The molecule has 0 aliphatic heterocycles. The van der Waals surface area contributed by atoms with Crippen molar-refractivity contribution in [1.29, 1.82) is 0 Å². The lowest BCUT2D eigenvalue weighted by atomic mass is 10.3. The number of para-hydroxylation sites is 1. The van der Waals surface area contributed by atoms with Crippen LogP contribution in [0.15, 0.2) is 45.5 Å². The molecule has 0 aromatic heterocycles. The molecule has 1 aromatic rings. The standard InChI is InChI=1S/C13H17BrN2O2/c1-10(13(17-2)18-3)12(14)9-15-16-11-7-5-4-6-8-11/h4-9,13,16H,1-3H3/b12-10-,15-9-. The first-order chi connectivity index (χ1) is 8.69. The average molecular weight is 313 g/mol. The van der Waals surface area contributed by atoms with Crippen LogP contribution in [0.5, 0.6) is 0 Å². The van der Waals surface area contributed by atoms with Gasteiger partial charge in [-0.2, -0.15) is 5.10 Å². The molecule has 0 atom stereocenters. The number of halogens is 1. The number of allylic oxidation sites excluding steroid dienone is 1. The second-order valence-electron chi connectivity index (χ2n) is 3.57. The Balaban J connectivity index is 2.63. The quantitative estimate of drug-likeness (QED) is 0.497. The van der Waals surface area contributed by atoms with E-state index in [1.165, 1.54) is 0 Å². The number of hydrazone groups is 1. The van der Waals surface area contributed by atoms with E-state index in [0.717, 1.165) is 15.7 Å². The van der Waals surface area contributed by atoms with Crippen LogP contribution in [0.4, 0.5) is 5.69 Å². The maximum atomic E-state index is 5.15. The molecule has 4 nitrogen and oxygen atoms in total. The molecule has 1 N–H and O–H groups in total. The molecular weight excluding hydrogens is 296 g/mol. The molecule has 0 saturated heterocycles. The van der Waals surface area contributed by atoms with E-state index < -0.39 is 0 Å². The molecule has 0 unspecified atom stereocenters. The molecule has 18 heavy (non-hydrogen) atoms. The van der Waals surface area contributed by atoms with Gasteiger partial charge in [-0.25, -0.2) is 0 Å². The first-order valence-electron chi connectivity index (χ1n) is 5.45. The summed E-state index contributed by atoms with van der Waals surface area (Å²) in [6, 6.07) is 9.72. The van der Waals surface area contributed by atoms with Gasteiger partial charge in [-0.15, -0.1) is 0 Å². The second-order valence-corrected chi connectivity index (χ2v) is 4.42. The Hall–Kier alpha value is -1.17. The van der Waals surface area contributed by atoms with Gasteiger partial charge in [0.25, 0.3) is 0 Å². The Morgan fingerprint density at radius 2 is 1.89 bits per heavy atom. The van der Waals surface area contributed by atoms with Crippen LogP contribution in [0.25, 0.3) is 0 Å². The lowest BCUT2D eigenvalue weighted by Crippen LogP contribution is -2.15. The lowest BCUT2D eigenvalue weighted by Gasteiger charge is -2.14. The van der Waals surface area contributed by atoms with Crippen molar-refractivity contribution in [2.24, 2.45) is 5.10 Å². The lowest BCUT2D eigenvalue weighted by molar-refractivity contribution is -0.0747. The molecule has 0 aliphatic rings. The smallest absolute Gasteiger partial charge is 0.180 e. The molecule has 0 spiro atoms. The Bertz CT molecular complexity index is 414. The van der Waals surface area contributed by atoms with Gasteiger partial charge in [-0.05, 0) is 40.6 Å². The maximum absolute atomic E-state index is 5.15. The van der Waals surface area contributed by atoms with Gasteiger partial charge in [0.05, 0.1) is 11.9 Å². The fourth-order valence-electron chi connectivity index (χ4n) is 1.34. The summed E-state index contributed by atoms with van der Waals surface area (Å²) in [5.74, 6) is 0. The topological polar surface area (TPSA) is 42.9 Å². The maximum Gasteiger partial charge on any atom is 0.180 e. The Kier molecular flexibility index (Phi) is 6.64. The zero-order chi connectivity index (χ0) is 13.4. The van der Waals surface area contributed by atoms with Crippen molar-refractivity contribution in [3.63, 3.8) is 0 Å². The Labute approximate surface area is 116 Å². The van der Waals surface area contributed by atoms with Gasteiger partial charge in [0.2, 0.25) is 0 Å². The number of hydrogen-bond acceptors (Lipinski definition) is 4. The van der Waals surface area contributed by atoms with Gasteiger partial charge in [0.1, 0.15) is 0 Å². The van der Waals surface area contributed by atoms with Crippen molar-refractivity contribution in [2.75, 3.05) is 19.6 Å². The summed E-state index contributed by atoms with van der Waals surface area (Å²) in [5, 5.41) is 4.12. The minimum absolute atomic E-state index is 0.373. The van der Waals surface area contributed by atoms with E-state index in [9.17, 15) is 0 Å². The number of rotatable bonds is 6. The van der Waals surface area contributed by atoms with E-state index in [4.69, 9.17) is 9.47 Å². The fourth-order valence-corrected chi connectivity index (χ4v) is 1.63. The van der Waals surface area contributed by atoms with Gasteiger partial charge >= 0.3 is 0 Å². The summed E-state index contributed by atoms with van der Waals surface area (Å²) in [5.41, 5.74) is 4.78. The second kappa shape index (κ2) is 8.02. The van der Waals surface area contributed by atoms with Gasteiger partial charge in [0, 0.05) is 18.7 Å². The molecule has 0 saturated carbocycles. The van der Waals surface area contributed by atoms with Gasteiger partial charge in [-0.3, -0.25) is 5.43 Å². The summed E-state index contributed by atoms with van der Waals surface area (Å²) < 4.78 is 11.1. The van der Waals surface area contributed by atoms with Crippen LogP contribution in [-0.2, 0) is 9.47 Å². The third-order valence-electron chi connectivity index (χ3n) is 2.30. The number of anilines is 1. The first kappa shape index (κ1) is 14.9. The highest BCUT2D eigenvalue weighted by atomic mass is 79.9. The SMILES string of the molecule is COC(OC)/C(C)=C(Br)/C=N\Nc1ccccc1. The molecule has 98 valence electrons. The minimum atomic E-state index is -0.373. The number of methoxy groups -OCH3 is 2. The van der Waals surface area contributed by atoms with E-state index >= 15 is 0 Å². The highest BCUT2D eigenvalue weighted by molar-refractivity contribution is 9.12. The van der Waals surface area contributed by atoms with E-state index in [2.05, 4.69) is 26.5 Å². The van der Waals surface area contributed by atoms with Crippen LogP contribution in [0.2, 0.25) is 0 Å². The van der Waals surface area contributed by atoms with Crippen molar-refractivity contribution in [1.82, 2.24) is 0 Å². The molecule has 0 heterocycles. The van der Waals surface area contributed by atoms with Crippen LogP contribution in [-0.4, -0.2) is 26.7 Å². The first-order valence-corrected chi connectivity index (χ1v) is 6.24. The Morgan fingerprint density at radius 1 is 1.28 bits per heavy atom. The van der Waals surface area contributed by atoms with Crippen molar-refractivity contribution in [3.05, 3.63) is 40.4 Å². The largest absolute Gasteiger partial charge is 0.352 e. The predicted octanol–water partition coefficient (Wildman–Crippen LogP) is 3.37. The van der Waals surface area contributed by atoms with E-state index in [1.807, 2.05) is 37.3 Å². The van der Waals surface area contributed by atoms with Crippen LogP contribution in [0.1, 0.15) is 6.92 Å². The normalized spacial score (nSPS) is 12.9. The van der Waals surface area contributed by atoms with Crippen LogP contribution < -0.4 is 5.43 Å². The van der Waals surface area contributed by atoms with Crippen molar-refractivity contribution in [3.8, 4) is 0 Å². The number of ether oxygens (including phenoxy) is 2. The third-order valence-corrected chi connectivity index (χ3v) is 3.13.